The molecule has 1 aromatic carbocycles. The SMILES string of the molecule is COc1ccc(CC(=O)N2CCN(c3ccc4nncn4n3)CC2)cc1OC. The van der Waals surface area contributed by atoms with Gasteiger partial charge in [0.05, 0.1) is 20.6 Å². The molecule has 28 heavy (non-hydrogen) atoms. The highest BCUT2D eigenvalue weighted by molar-refractivity contribution is 5.79. The topological polar surface area (TPSA) is 85.1 Å². The maximum Gasteiger partial charge on any atom is 0.227 e. The van der Waals surface area contributed by atoms with Crippen molar-refractivity contribution >= 4 is 17.4 Å². The fourth-order valence-electron chi connectivity index (χ4n) is 3.35. The Labute approximate surface area is 162 Å². The zero-order valence-corrected chi connectivity index (χ0v) is 15.9. The van der Waals surface area contributed by atoms with E-state index in [2.05, 4.69) is 20.2 Å². The van der Waals surface area contributed by atoms with Crippen LogP contribution in [-0.2, 0) is 11.2 Å². The smallest absolute Gasteiger partial charge is 0.227 e. The van der Waals surface area contributed by atoms with Gasteiger partial charge in [-0.3, -0.25) is 4.79 Å². The van der Waals surface area contributed by atoms with Crippen molar-refractivity contribution in [2.75, 3.05) is 45.3 Å². The number of fused-ring (bicyclic) bond motifs is 1. The van der Waals surface area contributed by atoms with E-state index in [1.165, 1.54) is 0 Å². The molecule has 0 radical (unpaired) electrons. The summed E-state index contributed by atoms with van der Waals surface area (Å²) in [4.78, 5) is 16.8. The minimum Gasteiger partial charge on any atom is -0.493 e. The lowest BCUT2D eigenvalue weighted by Gasteiger charge is -2.35. The quantitative estimate of drug-likeness (QED) is 0.652. The van der Waals surface area contributed by atoms with Crippen LogP contribution in [0.15, 0.2) is 36.7 Å². The molecule has 0 atom stereocenters. The number of ether oxygens (including phenoxy) is 2. The molecule has 1 aliphatic rings. The molecule has 146 valence electrons. The minimum absolute atomic E-state index is 0.106. The molecule has 1 amide bonds. The van der Waals surface area contributed by atoms with Crippen LogP contribution in [0.2, 0.25) is 0 Å². The summed E-state index contributed by atoms with van der Waals surface area (Å²) in [5.41, 5.74) is 1.62. The van der Waals surface area contributed by atoms with Gasteiger partial charge in [-0.1, -0.05) is 6.07 Å². The molecule has 1 saturated heterocycles. The molecule has 9 nitrogen and oxygen atoms in total. The van der Waals surface area contributed by atoms with E-state index in [1.54, 1.807) is 25.1 Å². The Kier molecular flexibility index (Phi) is 4.96. The Bertz CT molecular complexity index is 981. The Morgan fingerprint density at radius 3 is 2.57 bits per heavy atom. The largest absolute Gasteiger partial charge is 0.493 e. The van der Waals surface area contributed by atoms with Gasteiger partial charge in [-0.15, -0.1) is 15.3 Å². The molecule has 3 heterocycles. The van der Waals surface area contributed by atoms with Crippen molar-refractivity contribution in [2.45, 2.75) is 6.42 Å². The van der Waals surface area contributed by atoms with Crippen molar-refractivity contribution < 1.29 is 14.3 Å². The Morgan fingerprint density at radius 2 is 1.82 bits per heavy atom. The molecule has 4 rings (SSSR count). The number of piperazine rings is 1. The lowest BCUT2D eigenvalue weighted by Crippen LogP contribution is -2.49. The molecule has 0 saturated carbocycles. The summed E-state index contributed by atoms with van der Waals surface area (Å²) in [6, 6.07) is 9.40. The van der Waals surface area contributed by atoms with Gasteiger partial charge in [0.1, 0.15) is 12.1 Å². The molecule has 3 aromatic rings. The first kappa shape index (κ1) is 18.0. The fraction of sp³-hybridized carbons (Fsp3) is 0.368. The minimum atomic E-state index is 0.106. The second-order valence-electron chi connectivity index (χ2n) is 6.56. The van der Waals surface area contributed by atoms with Crippen molar-refractivity contribution in [3.8, 4) is 11.5 Å². The molecule has 1 fully saturated rings. The van der Waals surface area contributed by atoms with Gasteiger partial charge >= 0.3 is 0 Å². The summed E-state index contributed by atoms with van der Waals surface area (Å²) in [6.07, 6.45) is 1.92. The van der Waals surface area contributed by atoms with Gasteiger partial charge in [0.2, 0.25) is 5.91 Å². The number of amides is 1. The van der Waals surface area contributed by atoms with Gasteiger partial charge in [-0.2, -0.15) is 4.52 Å². The van der Waals surface area contributed by atoms with Crippen LogP contribution in [-0.4, -0.2) is 71.0 Å². The van der Waals surface area contributed by atoms with Crippen molar-refractivity contribution in [2.24, 2.45) is 0 Å². The van der Waals surface area contributed by atoms with E-state index >= 15 is 0 Å². The first-order valence-electron chi connectivity index (χ1n) is 9.08. The first-order chi connectivity index (χ1) is 13.7. The summed E-state index contributed by atoms with van der Waals surface area (Å²) >= 11 is 0. The van der Waals surface area contributed by atoms with Gasteiger partial charge < -0.3 is 19.3 Å². The second-order valence-corrected chi connectivity index (χ2v) is 6.56. The molecule has 0 N–H and O–H groups in total. The number of rotatable bonds is 5. The van der Waals surface area contributed by atoms with E-state index < -0.39 is 0 Å². The van der Waals surface area contributed by atoms with Crippen LogP contribution < -0.4 is 14.4 Å². The molecule has 2 aromatic heterocycles. The molecule has 9 heteroatoms. The maximum absolute atomic E-state index is 12.7. The molecule has 0 unspecified atom stereocenters. The zero-order chi connectivity index (χ0) is 19.5. The van der Waals surface area contributed by atoms with Crippen LogP contribution >= 0.6 is 0 Å². The van der Waals surface area contributed by atoms with E-state index in [1.807, 2.05) is 35.2 Å². The van der Waals surface area contributed by atoms with Crippen LogP contribution in [0.25, 0.3) is 5.65 Å². The zero-order valence-electron chi connectivity index (χ0n) is 15.9. The molecular formula is C19H22N6O3. The number of nitrogens with zero attached hydrogens (tertiary/aromatic N) is 6. The summed E-state index contributed by atoms with van der Waals surface area (Å²) in [7, 11) is 3.19. The number of carbonyl (C=O) groups excluding carboxylic acids is 1. The monoisotopic (exact) mass is 382 g/mol. The lowest BCUT2D eigenvalue weighted by atomic mass is 10.1. The Hall–Kier alpha value is -3.36. The van der Waals surface area contributed by atoms with Gasteiger partial charge in [0, 0.05) is 26.2 Å². The average molecular weight is 382 g/mol. The average Bonchev–Trinajstić information content (AvgIpc) is 3.21. The lowest BCUT2D eigenvalue weighted by molar-refractivity contribution is -0.130. The third kappa shape index (κ3) is 3.55. The summed E-state index contributed by atoms with van der Waals surface area (Å²) in [6.45, 7) is 2.79. The fourth-order valence-corrected chi connectivity index (χ4v) is 3.35. The van der Waals surface area contributed by atoms with Crippen LogP contribution in [0, 0.1) is 0 Å². The van der Waals surface area contributed by atoms with Crippen molar-refractivity contribution in [3.05, 3.63) is 42.2 Å². The predicted molar refractivity (Wildman–Crippen MR) is 103 cm³/mol. The highest BCUT2D eigenvalue weighted by Crippen LogP contribution is 2.28. The van der Waals surface area contributed by atoms with Gasteiger partial charge in [-0.05, 0) is 29.8 Å². The molecule has 1 aliphatic heterocycles. The maximum atomic E-state index is 12.7. The highest BCUT2D eigenvalue weighted by Gasteiger charge is 2.22. The third-order valence-corrected chi connectivity index (χ3v) is 4.91. The molecular weight excluding hydrogens is 360 g/mol. The van der Waals surface area contributed by atoms with Crippen LogP contribution in [0.1, 0.15) is 5.56 Å². The van der Waals surface area contributed by atoms with Gasteiger partial charge in [0.25, 0.3) is 0 Å². The van der Waals surface area contributed by atoms with Crippen LogP contribution in [0.5, 0.6) is 11.5 Å². The number of hydrogen-bond acceptors (Lipinski definition) is 7. The number of benzene rings is 1. The van der Waals surface area contributed by atoms with E-state index in [0.29, 0.717) is 36.7 Å². The van der Waals surface area contributed by atoms with Crippen molar-refractivity contribution in [1.29, 1.82) is 0 Å². The van der Waals surface area contributed by atoms with Crippen LogP contribution in [0.4, 0.5) is 5.82 Å². The standard InChI is InChI=1S/C19H22N6O3/c1-27-15-4-3-14(11-16(15)28-2)12-19(26)24-9-7-23(8-10-24)18-6-5-17-21-20-13-25(17)22-18/h3-6,11,13H,7-10,12H2,1-2H3. The van der Waals surface area contributed by atoms with Gasteiger partial charge in [0.15, 0.2) is 17.1 Å². The molecule has 0 bridgehead atoms. The Morgan fingerprint density at radius 1 is 1.04 bits per heavy atom. The van der Waals surface area contributed by atoms with E-state index in [-0.39, 0.29) is 5.91 Å². The first-order valence-corrected chi connectivity index (χ1v) is 9.08. The second kappa shape index (κ2) is 7.71. The molecule has 0 aliphatic carbocycles. The number of methoxy groups -OCH3 is 2. The number of anilines is 1. The number of hydrogen-bond donors (Lipinski definition) is 0. The highest BCUT2D eigenvalue weighted by atomic mass is 16.5. The van der Waals surface area contributed by atoms with E-state index in [0.717, 1.165) is 24.5 Å². The third-order valence-electron chi connectivity index (χ3n) is 4.91. The van der Waals surface area contributed by atoms with Crippen molar-refractivity contribution in [3.63, 3.8) is 0 Å². The van der Waals surface area contributed by atoms with Crippen molar-refractivity contribution in [1.82, 2.24) is 24.7 Å². The number of carbonyl (C=O) groups is 1. The summed E-state index contributed by atoms with van der Waals surface area (Å²) in [5.74, 6) is 2.26. The number of aromatic nitrogens is 4. The normalized spacial score (nSPS) is 14.4. The predicted octanol–water partition coefficient (Wildman–Crippen LogP) is 1.03. The van der Waals surface area contributed by atoms with Gasteiger partial charge in [-0.25, -0.2) is 0 Å². The van der Waals surface area contributed by atoms with Crippen LogP contribution in [0.3, 0.4) is 0 Å². The summed E-state index contributed by atoms with van der Waals surface area (Å²) < 4.78 is 12.2. The Balaban J connectivity index is 1.37. The molecule has 0 spiro atoms. The van der Waals surface area contributed by atoms with E-state index in [4.69, 9.17) is 9.47 Å². The summed E-state index contributed by atoms with van der Waals surface area (Å²) in [5, 5.41) is 12.3. The van der Waals surface area contributed by atoms with E-state index in [9.17, 15) is 4.79 Å².